The molecule has 0 aliphatic heterocycles. The summed E-state index contributed by atoms with van der Waals surface area (Å²) in [6.45, 7) is 3.21. The predicted octanol–water partition coefficient (Wildman–Crippen LogP) is -3.85. The van der Waals surface area contributed by atoms with Crippen molar-refractivity contribution >= 4 is 16.4 Å². The molecule has 0 saturated heterocycles. The topological polar surface area (TPSA) is 107 Å². The molecule has 0 spiro atoms. The van der Waals surface area contributed by atoms with E-state index in [9.17, 15) is 13.0 Å². The Bertz CT molecular complexity index is 332. The molecule has 0 N–H and O–H groups in total. The van der Waals surface area contributed by atoms with Crippen molar-refractivity contribution in [1.82, 2.24) is 0 Å². The molecule has 0 atom stereocenters. The number of rotatable bonds is 12. The minimum absolute atomic E-state index is 0. The summed E-state index contributed by atoms with van der Waals surface area (Å²) in [5.41, 5.74) is 0. The monoisotopic (exact) mass is 370 g/mol. The second-order valence-corrected chi connectivity index (χ2v) is 5.96. The van der Waals surface area contributed by atoms with Gasteiger partial charge in [0, 0.05) is 5.97 Å². The molecule has 0 aromatic rings. The summed E-state index contributed by atoms with van der Waals surface area (Å²) < 4.78 is 34.5. The van der Waals surface area contributed by atoms with Crippen LogP contribution in [0.1, 0.15) is 78.1 Å². The Balaban J connectivity index is -0.000000268. The van der Waals surface area contributed by atoms with Crippen LogP contribution in [0.2, 0.25) is 0 Å². The molecule has 0 fully saturated rings. The van der Waals surface area contributed by atoms with Gasteiger partial charge in [0.05, 0.1) is 6.61 Å². The molecule has 0 aliphatic carbocycles. The second-order valence-electron chi connectivity index (χ2n) is 4.90. The van der Waals surface area contributed by atoms with Gasteiger partial charge in [-0.2, -0.15) is 0 Å². The van der Waals surface area contributed by atoms with Crippen molar-refractivity contribution in [2.45, 2.75) is 78.1 Å². The van der Waals surface area contributed by atoms with Crippen LogP contribution in [-0.4, -0.2) is 25.5 Å². The SMILES string of the molecule is CC(=O)[O-].CCCCCCCCCCCCOS(=O)(=O)[O-].[Na+].[Na+]. The normalized spacial score (nSPS) is 9.87. The van der Waals surface area contributed by atoms with E-state index in [1.165, 1.54) is 44.9 Å². The Labute approximate surface area is 185 Å². The molecule has 0 saturated carbocycles. The van der Waals surface area contributed by atoms with Crippen molar-refractivity contribution in [2.24, 2.45) is 0 Å². The Kier molecular flexibility index (Phi) is 32.5. The molecule has 0 bridgehead atoms. The van der Waals surface area contributed by atoms with Gasteiger partial charge in [-0.25, -0.2) is 8.42 Å². The predicted molar refractivity (Wildman–Crippen MR) is 78.2 cm³/mol. The molecular weight excluding hydrogens is 342 g/mol. The van der Waals surface area contributed by atoms with Crippen LogP contribution in [0.4, 0.5) is 0 Å². The number of carboxylic acids is 1. The Morgan fingerprint density at radius 3 is 1.48 bits per heavy atom. The molecule has 0 rings (SSSR count). The first-order chi connectivity index (χ1) is 9.79. The van der Waals surface area contributed by atoms with Crippen molar-refractivity contribution in [2.75, 3.05) is 6.61 Å². The molecule has 0 amide bonds. The summed E-state index contributed by atoms with van der Waals surface area (Å²) in [6.07, 6.45) is 11.7. The average molecular weight is 370 g/mol. The fourth-order valence-electron chi connectivity index (χ4n) is 1.75. The van der Waals surface area contributed by atoms with E-state index in [1.54, 1.807) is 0 Å². The minimum atomic E-state index is -4.48. The molecule has 128 valence electrons. The molecule has 0 radical (unpaired) electrons. The molecule has 0 aliphatic rings. The third-order valence-corrected chi connectivity index (χ3v) is 3.18. The van der Waals surface area contributed by atoms with E-state index in [1.807, 2.05) is 0 Å². The first-order valence-corrected chi connectivity index (χ1v) is 8.90. The van der Waals surface area contributed by atoms with Crippen LogP contribution in [0.15, 0.2) is 0 Å². The number of hydrogen-bond acceptors (Lipinski definition) is 6. The number of carbonyl (C=O) groups excluding carboxylic acids is 1. The second kappa shape index (κ2) is 23.3. The third kappa shape index (κ3) is 45.2. The number of unbranched alkanes of at least 4 members (excludes halogenated alkanes) is 9. The summed E-state index contributed by atoms with van der Waals surface area (Å²) in [5.74, 6) is -1.08. The van der Waals surface area contributed by atoms with Gasteiger partial charge in [0.2, 0.25) is 10.4 Å². The van der Waals surface area contributed by atoms with E-state index in [4.69, 9.17) is 9.90 Å². The van der Waals surface area contributed by atoms with E-state index in [-0.39, 0.29) is 65.7 Å². The maximum atomic E-state index is 10.1. The maximum absolute atomic E-state index is 10.1. The summed E-state index contributed by atoms with van der Waals surface area (Å²) in [6, 6.07) is 0. The molecule has 0 unspecified atom stereocenters. The zero-order valence-corrected chi connectivity index (χ0v) is 20.0. The smallest absolute Gasteiger partial charge is 0.726 e. The number of carbonyl (C=O) groups is 1. The van der Waals surface area contributed by atoms with Crippen molar-refractivity contribution in [1.29, 1.82) is 0 Å². The zero-order valence-electron chi connectivity index (χ0n) is 15.1. The molecule has 6 nitrogen and oxygen atoms in total. The van der Waals surface area contributed by atoms with E-state index in [0.29, 0.717) is 6.42 Å². The van der Waals surface area contributed by atoms with Gasteiger partial charge in [0.15, 0.2) is 0 Å². The van der Waals surface area contributed by atoms with Crippen molar-refractivity contribution in [3.05, 3.63) is 0 Å². The molecule has 0 aromatic heterocycles. The van der Waals surface area contributed by atoms with E-state index in [0.717, 1.165) is 19.8 Å². The fraction of sp³-hybridized carbons (Fsp3) is 0.929. The van der Waals surface area contributed by atoms with Gasteiger partial charge in [-0.1, -0.05) is 64.7 Å². The molecule has 0 heterocycles. The Morgan fingerprint density at radius 1 is 0.870 bits per heavy atom. The summed E-state index contributed by atoms with van der Waals surface area (Å²) in [7, 11) is -4.48. The molecule has 9 heteroatoms. The Morgan fingerprint density at radius 2 is 1.17 bits per heavy atom. The first-order valence-electron chi connectivity index (χ1n) is 7.57. The van der Waals surface area contributed by atoms with Gasteiger partial charge >= 0.3 is 59.1 Å². The van der Waals surface area contributed by atoms with Crippen molar-refractivity contribution in [3.8, 4) is 0 Å². The van der Waals surface area contributed by atoms with Crippen LogP contribution < -0.4 is 64.2 Å². The quantitative estimate of drug-likeness (QED) is 0.151. The van der Waals surface area contributed by atoms with E-state index in [2.05, 4.69) is 11.1 Å². The fourth-order valence-corrected chi connectivity index (χ4v) is 2.07. The average Bonchev–Trinajstić information content (AvgIpc) is 2.34. The maximum Gasteiger partial charge on any atom is 1.00 e. The summed E-state index contributed by atoms with van der Waals surface area (Å²) in [4.78, 5) is 8.89. The van der Waals surface area contributed by atoms with Gasteiger partial charge in [0.25, 0.3) is 0 Å². The van der Waals surface area contributed by atoms with Crippen LogP contribution in [0, 0.1) is 0 Å². The van der Waals surface area contributed by atoms with Gasteiger partial charge in [-0.3, -0.25) is 4.18 Å². The van der Waals surface area contributed by atoms with Gasteiger partial charge < -0.3 is 14.5 Å². The molecule has 23 heavy (non-hydrogen) atoms. The third-order valence-electron chi connectivity index (χ3n) is 2.73. The number of aliphatic carboxylic acids is 1. The van der Waals surface area contributed by atoms with E-state index >= 15 is 0 Å². The van der Waals surface area contributed by atoms with Crippen LogP contribution in [-0.2, 0) is 19.4 Å². The zero-order chi connectivity index (χ0) is 16.6. The van der Waals surface area contributed by atoms with E-state index < -0.39 is 16.4 Å². The van der Waals surface area contributed by atoms with Crippen LogP contribution in [0.5, 0.6) is 0 Å². The van der Waals surface area contributed by atoms with Gasteiger partial charge in [0.1, 0.15) is 0 Å². The largest absolute Gasteiger partial charge is 1.00 e. The van der Waals surface area contributed by atoms with Crippen LogP contribution in [0.3, 0.4) is 0 Å². The first kappa shape index (κ1) is 32.0. The summed E-state index contributed by atoms with van der Waals surface area (Å²) in [5, 5.41) is 8.89. The minimum Gasteiger partial charge on any atom is -0.726 e. The number of hydrogen-bond donors (Lipinski definition) is 0. The standard InChI is InChI=1S/C12H26O4S.C2H4O2.2Na/c1-2-3-4-5-6-7-8-9-10-11-12-16-17(13,14)15;1-2(3)4;;/h2-12H2,1H3,(H,13,14,15);1H3,(H,3,4);;/q;;2*+1/p-2. The van der Waals surface area contributed by atoms with Crippen molar-refractivity contribution in [3.63, 3.8) is 0 Å². The number of carboxylic acid groups (broad SMARTS) is 1. The summed E-state index contributed by atoms with van der Waals surface area (Å²) >= 11 is 0. The van der Waals surface area contributed by atoms with Gasteiger partial charge in [-0.15, -0.1) is 0 Å². The van der Waals surface area contributed by atoms with Gasteiger partial charge in [-0.05, 0) is 13.3 Å². The molecule has 0 aromatic carbocycles. The van der Waals surface area contributed by atoms with Crippen LogP contribution in [0.25, 0.3) is 0 Å². The van der Waals surface area contributed by atoms with Crippen molar-refractivity contribution < 1.29 is 86.2 Å². The van der Waals surface area contributed by atoms with Crippen LogP contribution >= 0.6 is 0 Å². The molecular formula is C14H28Na2O6S. The Hall–Kier alpha value is 1.34.